The van der Waals surface area contributed by atoms with Crippen LogP contribution in [0.25, 0.3) is 10.9 Å². The number of carbonyl (C=O) groups excluding carboxylic acids is 1. The molecule has 1 saturated heterocycles. The van der Waals surface area contributed by atoms with Crippen LogP contribution in [0.1, 0.15) is 18.4 Å². The van der Waals surface area contributed by atoms with Gasteiger partial charge in [-0.25, -0.2) is 4.79 Å². The number of carbonyl (C=O) groups is 1. The van der Waals surface area contributed by atoms with Crippen LogP contribution in [0.2, 0.25) is 0 Å². The van der Waals surface area contributed by atoms with Crippen LogP contribution in [0, 0.1) is 0 Å². The number of H-pyrrole nitrogens is 1. The van der Waals surface area contributed by atoms with Gasteiger partial charge in [-0.3, -0.25) is 4.79 Å². The summed E-state index contributed by atoms with van der Waals surface area (Å²) in [5, 5.41) is 3.68. The molecule has 1 fully saturated rings. The Kier molecular flexibility index (Phi) is 7.22. The third-order valence-corrected chi connectivity index (χ3v) is 5.87. The van der Waals surface area contributed by atoms with Crippen molar-refractivity contribution in [2.24, 2.45) is 0 Å². The zero-order valence-electron chi connectivity index (χ0n) is 19.6. The van der Waals surface area contributed by atoms with E-state index in [0.29, 0.717) is 47.2 Å². The first-order valence-corrected chi connectivity index (χ1v) is 11.1. The molecule has 0 spiro atoms. The average molecular weight is 468 g/mol. The van der Waals surface area contributed by atoms with Gasteiger partial charge in [0.15, 0.2) is 11.5 Å². The average Bonchev–Trinajstić information content (AvgIpc) is 3.36. The number of aromatic nitrogens is 1. The molecule has 2 aromatic carbocycles. The Labute approximate surface area is 197 Å². The normalized spacial score (nSPS) is 15.2. The Balaban J connectivity index is 1.64. The molecule has 2 N–H and O–H groups in total. The minimum absolute atomic E-state index is 0.0766. The lowest BCUT2D eigenvalue weighted by Gasteiger charge is -2.26. The van der Waals surface area contributed by atoms with Crippen LogP contribution >= 0.6 is 0 Å². The van der Waals surface area contributed by atoms with Gasteiger partial charge in [-0.2, -0.15) is 0 Å². The van der Waals surface area contributed by atoms with Crippen molar-refractivity contribution in [2.75, 3.05) is 39.8 Å². The number of ether oxygens (including phenoxy) is 4. The lowest BCUT2D eigenvalue weighted by Crippen LogP contribution is -2.40. The summed E-state index contributed by atoms with van der Waals surface area (Å²) < 4.78 is 21.8. The highest BCUT2D eigenvalue weighted by Gasteiger charge is 2.24. The van der Waals surface area contributed by atoms with Gasteiger partial charge in [0, 0.05) is 30.2 Å². The van der Waals surface area contributed by atoms with Crippen molar-refractivity contribution in [3.8, 4) is 17.2 Å². The second kappa shape index (κ2) is 10.5. The summed E-state index contributed by atoms with van der Waals surface area (Å²) in [5.41, 5.74) is 1.35. The van der Waals surface area contributed by atoms with E-state index in [4.69, 9.17) is 18.9 Å². The minimum atomic E-state index is -0.341. The Morgan fingerprint density at radius 3 is 2.53 bits per heavy atom. The predicted molar refractivity (Wildman–Crippen MR) is 129 cm³/mol. The van der Waals surface area contributed by atoms with E-state index in [0.717, 1.165) is 18.2 Å². The largest absolute Gasteiger partial charge is 0.495 e. The van der Waals surface area contributed by atoms with Crippen molar-refractivity contribution >= 4 is 22.6 Å². The third kappa shape index (κ3) is 5.09. The lowest BCUT2D eigenvalue weighted by atomic mass is 10.1. The first kappa shape index (κ1) is 23.4. The molecule has 2 amide bonds. The predicted octanol–water partition coefficient (Wildman–Crippen LogP) is 3.77. The molecule has 0 radical (unpaired) electrons. The summed E-state index contributed by atoms with van der Waals surface area (Å²) in [7, 11) is 4.65. The molecule has 3 aromatic rings. The smallest absolute Gasteiger partial charge is 0.322 e. The number of fused-ring (bicyclic) bond motifs is 1. The van der Waals surface area contributed by atoms with E-state index in [-0.39, 0.29) is 24.2 Å². The summed E-state index contributed by atoms with van der Waals surface area (Å²) in [6, 6.07) is 12.1. The second-order valence-electron chi connectivity index (χ2n) is 8.06. The zero-order chi connectivity index (χ0) is 24.1. The number of aromatic amines is 1. The molecular formula is C25H29N3O6. The van der Waals surface area contributed by atoms with Crippen molar-refractivity contribution in [1.82, 2.24) is 9.88 Å². The zero-order valence-corrected chi connectivity index (χ0v) is 19.6. The molecular weight excluding hydrogens is 438 g/mol. The van der Waals surface area contributed by atoms with Crippen LogP contribution in [0.15, 0.2) is 47.3 Å². The third-order valence-electron chi connectivity index (χ3n) is 5.87. The highest BCUT2D eigenvalue weighted by Crippen LogP contribution is 2.31. The van der Waals surface area contributed by atoms with Gasteiger partial charge in [-0.15, -0.1) is 0 Å². The summed E-state index contributed by atoms with van der Waals surface area (Å²) in [5.74, 6) is 1.63. The first-order valence-electron chi connectivity index (χ1n) is 11.1. The number of para-hydroxylation sites is 2. The van der Waals surface area contributed by atoms with Gasteiger partial charge in [-0.05, 0) is 37.1 Å². The van der Waals surface area contributed by atoms with Crippen LogP contribution < -0.4 is 25.1 Å². The molecule has 4 rings (SSSR count). The van der Waals surface area contributed by atoms with Gasteiger partial charge in [0.1, 0.15) is 5.75 Å². The molecule has 0 aliphatic carbocycles. The Morgan fingerprint density at radius 2 is 1.82 bits per heavy atom. The SMILES string of the molecule is COc1ccccc1NC(=O)N(Cc1cc2cc(OC)c(OC)cc2[nH]c1=O)C[C@H]1CCCO1. The number of amides is 2. The highest BCUT2D eigenvalue weighted by atomic mass is 16.5. The van der Waals surface area contributed by atoms with Gasteiger partial charge < -0.3 is 34.1 Å². The maximum atomic E-state index is 13.3. The van der Waals surface area contributed by atoms with Gasteiger partial charge in [0.2, 0.25) is 0 Å². The monoisotopic (exact) mass is 467 g/mol. The lowest BCUT2D eigenvalue weighted by molar-refractivity contribution is 0.0818. The van der Waals surface area contributed by atoms with Crippen molar-refractivity contribution in [2.45, 2.75) is 25.5 Å². The van der Waals surface area contributed by atoms with Crippen LogP contribution in [-0.2, 0) is 11.3 Å². The Bertz CT molecular complexity index is 1220. The maximum absolute atomic E-state index is 13.3. The number of urea groups is 1. The van der Waals surface area contributed by atoms with E-state index in [9.17, 15) is 9.59 Å². The number of anilines is 1. The van der Waals surface area contributed by atoms with E-state index in [1.807, 2.05) is 12.1 Å². The molecule has 0 saturated carbocycles. The molecule has 1 aliphatic heterocycles. The number of benzene rings is 2. The molecule has 0 bridgehead atoms. The summed E-state index contributed by atoms with van der Waals surface area (Å²) >= 11 is 0. The quantitative estimate of drug-likeness (QED) is 0.523. The standard InChI is InChI=1S/C25H29N3O6/c1-31-21-9-5-4-8-19(21)27-25(30)28(15-18-7-6-10-34-18)14-17-11-16-12-22(32-2)23(33-3)13-20(16)26-24(17)29/h4-5,8-9,11-13,18H,6-7,10,14-15H2,1-3H3,(H,26,29)(H,27,30)/t18-/m1/s1. The van der Waals surface area contributed by atoms with Crippen molar-refractivity contribution in [3.05, 3.63) is 58.4 Å². The summed E-state index contributed by atoms with van der Waals surface area (Å²) in [4.78, 5) is 30.7. The topological polar surface area (TPSA) is 102 Å². The fourth-order valence-corrected chi connectivity index (χ4v) is 4.10. The molecule has 1 aliphatic rings. The van der Waals surface area contributed by atoms with E-state index in [1.165, 1.54) is 0 Å². The number of rotatable bonds is 8. The van der Waals surface area contributed by atoms with E-state index < -0.39 is 0 Å². The van der Waals surface area contributed by atoms with Crippen LogP contribution in [-0.4, -0.2) is 56.5 Å². The van der Waals surface area contributed by atoms with Gasteiger partial charge >= 0.3 is 6.03 Å². The van der Waals surface area contributed by atoms with Crippen molar-refractivity contribution in [3.63, 3.8) is 0 Å². The van der Waals surface area contributed by atoms with Crippen LogP contribution in [0.5, 0.6) is 17.2 Å². The number of pyridine rings is 1. The van der Waals surface area contributed by atoms with Crippen molar-refractivity contribution in [1.29, 1.82) is 0 Å². The Hall–Kier alpha value is -3.72. The molecule has 1 aromatic heterocycles. The molecule has 180 valence electrons. The molecule has 1 atom stereocenters. The van der Waals surface area contributed by atoms with E-state index >= 15 is 0 Å². The summed E-state index contributed by atoms with van der Waals surface area (Å²) in [6.07, 6.45) is 1.74. The van der Waals surface area contributed by atoms with Crippen LogP contribution in [0.4, 0.5) is 10.5 Å². The Morgan fingerprint density at radius 1 is 1.09 bits per heavy atom. The fourth-order valence-electron chi connectivity index (χ4n) is 4.10. The number of nitrogens with one attached hydrogen (secondary N) is 2. The minimum Gasteiger partial charge on any atom is -0.495 e. The molecule has 2 heterocycles. The van der Waals surface area contributed by atoms with E-state index in [2.05, 4.69) is 10.3 Å². The highest BCUT2D eigenvalue weighted by molar-refractivity contribution is 5.91. The fraction of sp³-hybridized carbons (Fsp3) is 0.360. The molecule has 0 unspecified atom stereocenters. The van der Waals surface area contributed by atoms with Gasteiger partial charge in [-0.1, -0.05) is 12.1 Å². The van der Waals surface area contributed by atoms with Gasteiger partial charge in [0.05, 0.1) is 45.2 Å². The van der Waals surface area contributed by atoms with Gasteiger partial charge in [0.25, 0.3) is 5.56 Å². The molecule has 9 nitrogen and oxygen atoms in total. The molecule has 9 heteroatoms. The maximum Gasteiger partial charge on any atom is 0.322 e. The van der Waals surface area contributed by atoms with Crippen LogP contribution in [0.3, 0.4) is 0 Å². The first-order chi connectivity index (χ1) is 16.5. The second-order valence-corrected chi connectivity index (χ2v) is 8.06. The number of methoxy groups -OCH3 is 3. The summed E-state index contributed by atoms with van der Waals surface area (Å²) in [6.45, 7) is 1.15. The van der Waals surface area contributed by atoms with Crippen molar-refractivity contribution < 1.29 is 23.7 Å². The molecule has 34 heavy (non-hydrogen) atoms. The number of hydrogen-bond donors (Lipinski definition) is 2. The number of nitrogens with zero attached hydrogens (tertiary/aromatic N) is 1. The van der Waals surface area contributed by atoms with E-state index in [1.54, 1.807) is 56.6 Å². The number of hydrogen-bond acceptors (Lipinski definition) is 6.